The predicted octanol–water partition coefficient (Wildman–Crippen LogP) is 1.77. The molecule has 3 N–H and O–H groups in total. The first kappa shape index (κ1) is 12.3. The molecule has 0 radical (unpaired) electrons. The van der Waals surface area contributed by atoms with E-state index in [4.69, 9.17) is 5.73 Å². The quantitative estimate of drug-likeness (QED) is 0.720. The highest BCUT2D eigenvalue weighted by atomic mass is 15.3. The lowest BCUT2D eigenvalue weighted by Crippen LogP contribution is -1.97. The molecule has 0 saturated heterocycles. The molecule has 18 heavy (non-hydrogen) atoms. The van der Waals surface area contributed by atoms with E-state index in [1.807, 2.05) is 25.3 Å². The van der Waals surface area contributed by atoms with Crippen molar-refractivity contribution in [1.29, 1.82) is 0 Å². The van der Waals surface area contributed by atoms with Crippen LogP contribution in [0.2, 0.25) is 0 Å². The Hall–Kier alpha value is -2.14. The Morgan fingerprint density at radius 1 is 1.28 bits per heavy atom. The summed E-state index contributed by atoms with van der Waals surface area (Å²) in [5, 5.41) is 11.6. The van der Waals surface area contributed by atoms with Crippen molar-refractivity contribution in [2.75, 3.05) is 6.54 Å². The molecular formula is C13H17N5. The number of rotatable bonds is 2. The van der Waals surface area contributed by atoms with E-state index in [9.17, 15) is 0 Å². The van der Waals surface area contributed by atoms with Gasteiger partial charge in [0.2, 0.25) is 0 Å². The number of aromatic amines is 1. The van der Waals surface area contributed by atoms with E-state index in [2.05, 4.69) is 44.4 Å². The monoisotopic (exact) mass is 243 g/mol. The molecule has 0 unspecified atom stereocenters. The zero-order chi connectivity index (χ0) is 12.8. The van der Waals surface area contributed by atoms with Gasteiger partial charge in [0.05, 0.1) is 6.54 Å². The fourth-order valence-corrected chi connectivity index (χ4v) is 1.76. The van der Waals surface area contributed by atoms with Crippen LogP contribution in [0.5, 0.6) is 0 Å². The van der Waals surface area contributed by atoms with Crippen LogP contribution >= 0.6 is 0 Å². The number of hydrogen-bond donors (Lipinski definition) is 2. The summed E-state index contributed by atoms with van der Waals surface area (Å²) in [5.41, 5.74) is 7.01. The van der Waals surface area contributed by atoms with Crippen molar-refractivity contribution in [3.63, 3.8) is 0 Å². The molecule has 0 bridgehead atoms. The normalized spacial score (nSPS) is 10.1. The summed E-state index contributed by atoms with van der Waals surface area (Å²) < 4.78 is 2.16. The Morgan fingerprint density at radius 2 is 2.06 bits per heavy atom. The molecule has 5 heteroatoms. The van der Waals surface area contributed by atoms with Gasteiger partial charge in [0.1, 0.15) is 5.69 Å². The molecule has 2 aromatic heterocycles. The van der Waals surface area contributed by atoms with Crippen molar-refractivity contribution in [2.24, 2.45) is 5.73 Å². The minimum Gasteiger partial charge on any atom is -0.341 e. The summed E-state index contributed by atoms with van der Waals surface area (Å²) in [5.74, 6) is 0. The topological polar surface area (TPSA) is 72.5 Å². The molecule has 5 nitrogen and oxygen atoms in total. The van der Waals surface area contributed by atoms with Gasteiger partial charge in [-0.15, -0.1) is 5.10 Å². The van der Waals surface area contributed by atoms with Crippen molar-refractivity contribution < 1.29 is 0 Å². The lowest BCUT2D eigenvalue weighted by atomic mass is 10.2. The highest BCUT2D eigenvalue weighted by Crippen LogP contribution is 2.15. The van der Waals surface area contributed by atoms with Crippen LogP contribution in [0, 0.1) is 0 Å². The van der Waals surface area contributed by atoms with Crippen LogP contribution in [0.4, 0.5) is 0 Å². The van der Waals surface area contributed by atoms with E-state index in [0.717, 1.165) is 18.8 Å². The molecule has 3 rings (SSSR count). The number of para-hydroxylation sites is 1. The summed E-state index contributed by atoms with van der Waals surface area (Å²) in [6.45, 7) is 3.41. The van der Waals surface area contributed by atoms with E-state index in [1.54, 1.807) is 0 Å². The highest BCUT2D eigenvalue weighted by Gasteiger charge is 2.01. The van der Waals surface area contributed by atoms with Gasteiger partial charge in [-0.05, 0) is 24.1 Å². The van der Waals surface area contributed by atoms with E-state index in [0.29, 0.717) is 0 Å². The van der Waals surface area contributed by atoms with Crippen molar-refractivity contribution in [2.45, 2.75) is 13.5 Å². The Kier molecular flexibility index (Phi) is 4.09. The second-order valence-electron chi connectivity index (χ2n) is 3.88. The molecule has 0 amide bonds. The number of aromatic nitrogens is 4. The highest BCUT2D eigenvalue weighted by molar-refractivity contribution is 5.79. The number of nitrogens with one attached hydrogen (secondary N) is 1. The van der Waals surface area contributed by atoms with E-state index >= 15 is 0 Å². The van der Waals surface area contributed by atoms with Gasteiger partial charge < -0.3 is 10.3 Å². The first-order valence-corrected chi connectivity index (χ1v) is 5.94. The number of hydrogen-bond acceptors (Lipinski definition) is 3. The molecule has 0 aliphatic carbocycles. The minimum absolute atomic E-state index is 0.750. The molecule has 0 saturated carbocycles. The second kappa shape index (κ2) is 5.97. The van der Waals surface area contributed by atoms with Gasteiger partial charge in [-0.3, -0.25) is 5.10 Å². The smallest absolute Gasteiger partial charge is 0.102 e. The number of nitrogens with zero attached hydrogens (tertiary/aromatic N) is 3. The number of benzene rings is 1. The van der Waals surface area contributed by atoms with Crippen LogP contribution in [0.25, 0.3) is 10.9 Å². The van der Waals surface area contributed by atoms with Crippen LogP contribution in [-0.4, -0.2) is 26.5 Å². The summed E-state index contributed by atoms with van der Waals surface area (Å²) in [6.07, 6.45) is 3.88. The SMILES string of the molecule is CCN.c1ccc2c(c1)ccn2Cc1c[nH]nn1. The van der Waals surface area contributed by atoms with Crippen LogP contribution < -0.4 is 5.73 Å². The van der Waals surface area contributed by atoms with Gasteiger partial charge >= 0.3 is 0 Å². The van der Waals surface area contributed by atoms with E-state index in [-0.39, 0.29) is 0 Å². The fourth-order valence-electron chi connectivity index (χ4n) is 1.76. The number of H-pyrrole nitrogens is 1. The maximum atomic E-state index is 4.85. The van der Waals surface area contributed by atoms with Gasteiger partial charge in [0.25, 0.3) is 0 Å². The second-order valence-corrected chi connectivity index (χ2v) is 3.88. The molecule has 1 aromatic carbocycles. The van der Waals surface area contributed by atoms with E-state index in [1.165, 1.54) is 10.9 Å². The zero-order valence-electron chi connectivity index (χ0n) is 10.4. The van der Waals surface area contributed by atoms with E-state index < -0.39 is 0 Å². The Balaban J connectivity index is 0.000000367. The molecule has 0 aliphatic rings. The Morgan fingerprint density at radius 3 is 2.78 bits per heavy atom. The molecule has 0 fully saturated rings. The first-order valence-electron chi connectivity index (χ1n) is 5.94. The number of nitrogens with two attached hydrogens (primary N) is 1. The molecule has 0 atom stereocenters. The predicted molar refractivity (Wildman–Crippen MR) is 72.2 cm³/mol. The van der Waals surface area contributed by atoms with Gasteiger partial charge in [-0.25, -0.2) is 0 Å². The third kappa shape index (κ3) is 2.75. The summed E-state index contributed by atoms with van der Waals surface area (Å²) in [4.78, 5) is 0. The van der Waals surface area contributed by atoms with Gasteiger partial charge in [-0.1, -0.05) is 30.3 Å². The molecule has 2 heterocycles. The summed E-state index contributed by atoms with van der Waals surface area (Å²) in [7, 11) is 0. The van der Waals surface area contributed by atoms with Crippen LogP contribution in [0.15, 0.2) is 42.7 Å². The lowest BCUT2D eigenvalue weighted by Gasteiger charge is -2.01. The Labute approximate surface area is 106 Å². The van der Waals surface area contributed by atoms with Gasteiger partial charge in [0, 0.05) is 17.9 Å². The minimum atomic E-state index is 0.750. The molecule has 3 aromatic rings. The fraction of sp³-hybridized carbons (Fsp3) is 0.231. The van der Waals surface area contributed by atoms with Crippen LogP contribution in [-0.2, 0) is 6.54 Å². The third-order valence-electron chi connectivity index (χ3n) is 2.48. The van der Waals surface area contributed by atoms with Crippen molar-refractivity contribution >= 4 is 10.9 Å². The van der Waals surface area contributed by atoms with Gasteiger partial charge in [-0.2, -0.15) is 0 Å². The lowest BCUT2D eigenvalue weighted by molar-refractivity contribution is 0.795. The van der Waals surface area contributed by atoms with Crippen molar-refractivity contribution in [1.82, 2.24) is 20.0 Å². The largest absolute Gasteiger partial charge is 0.341 e. The van der Waals surface area contributed by atoms with Crippen LogP contribution in [0.3, 0.4) is 0 Å². The molecule has 94 valence electrons. The van der Waals surface area contributed by atoms with Crippen molar-refractivity contribution in [3.05, 3.63) is 48.4 Å². The van der Waals surface area contributed by atoms with Crippen LogP contribution in [0.1, 0.15) is 12.6 Å². The Bertz CT molecular complexity index is 582. The molecule has 0 aliphatic heterocycles. The maximum Gasteiger partial charge on any atom is 0.102 e. The average molecular weight is 243 g/mol. The third-order valence-corrected chi connectivity index (χ3v) is 2.48. The average Bonchev–Trinajstić information content (AvgIpc) is 3.01. The standard InChI is InChI=1S/C11H10N4.C2H7N/c1-2-4-11-9(3-1)5-6-15(11)8-10-7-12-14-13-10;1-2-3/h1-7H,8H2,(H,12,13,14);2-3H2,1H3. The summed E-state index contributed by atoms with van der Waals surface area (Å²) in [6, 6.07) is 10.4. The van der Waals surface area contributed by atoms with Gasteiger partial charge in [0.15, 0.2) is 0 Å². The maximum absolute atomic E-state index is 4.85. The molecular weight excluding hydrogens is 226 g/mol. The first-order chi connectivity index (χ1) is 8.85. The molecule has 0 spiro atoms. The zero-order valence-corrected chi connectivity index (χ0v) is 10.4. The summed E-state index contributed by atoms with van der Waals surface area (Å²) >= 11 is 0. The van der Waals surface area contributed by atoms with Crippen molar-refractivity contribution in [3.8, 4) is 0 Å². The number of fused-ring (bicyclic) bond motifs is 1.